The highest BCUT2D eigenvalue weighted by Crippen LogP contribution is 2.33. The van der Waals surface area contributed by atoms with Gasteiger partial charge in [0.1, 0.15) is 0 Å². The van der Waals surface area contributed by atoms with Crippen LogP contribution in [0.25, 0.3) is 0 Å². The van der Waals surface area contributed by atoms with Gasteiger partial charge in [0.15, 0.2) is 0 Å². The molecule has 0 aromatic heterocycles. The molecule has 2 nitrogen and oxygen atoms in total. The van der Waals surface area contributed by atoms with E-state index in [9.17, 15) is 4.79 Å². The molecule has 1 aromatic rings. The van der Waals surface area contributed by atoms with E-state index in [-0.39, 0.29) is 17.5 Å². The molecule has 112 valence electrons. The van der Waals surface area contributed by atoms with Crippen molar-refractivity contribution in [1.29, 1.82) is 0 Å². The SMILES string of the molecule is CC(C)OC(=O)CC(CCc1ccccc1)C(C)(C)C. The third kappa shape index (κ3) is 6.23. The number of hydrogen-bond acceptors (Lipinski definition) is 2. The lowest BCUT2D eigenvalue weighted by molar-refractivity contribution is -0.149. The Kier molecular flexibility index (Phi) is 6.25. The first-order valence-electron chi connectivity index (χ1n) is 7.52. The zero-order chi connectivity index (χ0) is 15.2. The number of hydrogen-bond donors (Lipinski definition) is 0. The molecule has 0 saturated carbocycles. The number of carbonyl (C=O) groups excluding carboxylic acids is 1. The summed E-state index contributed by atoms with van der Waals surface area (Å²) in [5.74, 6) is 0.266. The molecule has 0 aliphatic carbocycles. The van der Waals surface area contributed by atoms with Gasteiger partial charge in [0, 0.05) is 6.42 Å². The molecule has 0 fully saturated rings. The van der Waals surface area contributed by atoms with Gasteiger partial charge in [0.25, 0.3) is 0 Å². The Bertz CT molecular complexity index is 401. The topological polar surface area (TPSA) is 26.3 Å². The van der Waals surface area contributed by atoms with Gasteiger partial charge in [-0.1, -0.05) is 51.1 Å². The molecule has 1 unspecified atom stereocenters. The highest BCUT2D eigenvalue weighted by molar-refractivity contribution is 5.69. The summed E-state index contributed by atoms with van der Waals surface area (Å²) in [6.07, 6.45) is 2.50. The van der Waals surface area contributed by atoms with Crippen LogP contribution in [0.4, 0.5) is 0 Å². The Hall–Kier alpha value is -1.31. The van der Waals surface area contributed by atoms with Gasteiger partial charge in [-0.25, -0.2) is 0 Å². The lowest BCUT2D eigenvalue weighted by Crippen LogP contribution is -2.26. The van der Waals surface area contributed by atoms with Gasteiger partial charge in [-0.05, 0) is 43.6 Å². The normalized spacial score (nSPS) is 13.3. The number of carbonyl (C=O) groups is 1. The predicted octanol–water partition coefficient (Wildman–Crippen LogP) is 4.62. The molecule has 1 aromatic carbocycles. The molecule has 0 aliphatic heterocycles. The first-order valence-corrected chi connectivity index (χ1v) is 7.52. The van der Waals surface area contributed by atoms with E-state index in [1.165, 1.54) is 5.56 Å². The zero-order valence-electron chi connectivity index (χ0n) is 13.5. The molecule has 0 aliphatic rings. The van der Waals surface area contributed by atoms with Crippen molar-refractivity contribution in [2.45, 2.75) is 60.0 Å². The summed E-state index contributed by atoms with van der Waals surface area (Å²) in [6.45, 7) is 10.4. The van der Waals surface area contributed by atoms with Crippen molar-refractivity contribution in [3.63, 3.8) is 0 Å². The molecule has 0 amide bonds. The molecule has 0 N–H and O–H groups in total. The third-order valence-corrected chi connectivity index (χ3v) is 3.63. The molecular formula is C18H28O2. The van der Waals surface area contributed by atoms with Crippen molar-refractivity contribution in [2.24, 2.45) is 11.3 Å². The van der Waals surface area contributed by atoms with Crippen molar-refractivity contribution in [3.05, 3.63) is 35.9 Å². The van der Waals surface area contributed by atoms with Crippen LogP contribution in [-0.4, -0.2) is 12.1 Å². The van der Waals surface area contributed by atoms with Gasteiger partial charge in [-0.2, -0.15) is 0 Å². The molecule has 2 heteroatoms. The van der Waals surface area contributed by atoms with E-state index < -0.39 is 0 Å². The summed E-state index contributed by atoms with van der Waals surface area (Å²) >= 11 is 0. The molecule has 0 heterocycles. The van der Waals surface area contributed by atoms with Crippen molar-refractivity contribution in [1.82, 2.24) is 0 Å². The van der Waals surface area contributed by atoms with Gasteiger partial charge >= 0.3 is 5.97 Å². The third-order valence-electron chi connectivity index (χ3n) is 3.63. The molecule has 0 radical (unpaired) electrons. The Morgan fingerprint density at radius 3 is 2.25 bits per heavy atom. The van der Waals surface area contributed by atoms with Gasteiger partial charge in [-0.3, -0.25) is 4.79 Å². The van der Waals surface area contributed by atoms with Crippen molar-refractivity contribution < 1.29 is 9.53 Å². The first kappa shape index (κ1) is 16.7. The van der Waals surface area contributed by atoms with E-state index in [0.29, 0.717) is 12.3 Å². The summed E-state index contributed by atoms with van der Waals surface area (Å²) in [5.41, 5.74) is 1.45. The van der Waals surface area contributed by atoms with Crippen molar-refractivity contribution in [3.8, 4) is 0 Å². The lowest BCUT2D eigenvalue weighted by Gasteiger charge is -2.30. The summed E-state index contributed by atoms with van der Waals surface area (Å²) < 4.78 is 5.29. The Morgan fingerprint density at radius 2 is 1.75 bits per heavy atom. The van der Waals surface area contributed by atoms with Gasteiger partial charge < -0.3 is 4.74 Å². The summed E-state index contributed by atoms with van der Waals surface area (Å²) in [4.78, 5) is 11.9. The van der Waals surface area contributed by atoms with E-state index >= 15 is 0 Å². The van der Waals surface area contributed by atoms with Crippen molar-refractivity contribution in [2.75, 3.05) is 0 Å². The second-order valence-electron chi connectivity index (χ2n) is 6.83. The van der Waals surface area contributed by atoms with Crippen LogP contribution < -0.4 is 0 Å². The summed E-state index contributed by atoms with van der Waals surface area (Å²) in [7, 11) is 0. The standard InChI is InChI=1S/C18H28O2/c1-14(2)20-17(19)13-16(18(3,4)5)12-11-15-9-7-6-8-10-15/h6-10,14,16H,11-13H2,1-5H3. The van der Waals surface area contributed by atoms with Crippen LogP contribution in [0.5, 0.6) is 0 Å². The maximum Gasteiger partial charge on any atom is 0.306 e. The maximum atomic E-state index is 11.9. The average molecular weight is 276 g/mol. The summed E-state index contributed by atoms with van der Waals surface area (Å²) in [6, 6.07) is 10.5. The van der Waals surface area contributed by atoms with Gasteiger partial charge in [0.05, 0.1) is 6.10 Å². The minimum absolute atomic E-state index is 0.0303. The van der Waals surface area contributed by atoms with E-state index in [0.717, 1.165) is 12.8 Å². The first-order chi connectivity index (χ1) is 9.29. The van der Waals surface area contributed by atoms with Gasteiger partial charge in [-0.15, -0.1) is 0 Å². The van der Waals surface area contributed by atoms with Crippen LogP contribution in [0.1, 0.15) is 53.0 Å². The molecule has 0 bridgehead atoms. The molecule has 20 heavy (non-hydrogen) atoms. The number of esters is 1. The Balaban J connectivity index is 2.59. The maximum absolute atomic E-state index is 11.9. The van der Waals surface area contributed by atoms with Crippen LogP contribution >= 0.6 is 0 Å². The smallest absolute Gasteiger partial charge is 0.306 e. The zero-order valence-corrected chi connectivity index (χ0v) is 13.5. The van der Waals surface area contributed by atoms with E-state index in [1.807, 2.05) is 19.9 Å². The largest absolute Gasteiger partial charge is 0.463 e. The average Bonchev–Trinajstić information content (AvgIpc) is 2.33. The second kappa shape index (κ2) is 7.47. The van der Waals surface area contributed by atoms with Crippen LogP contribution in [0.2, 0.25) is 0 Å². The number of rotatable bonds is 6. The minimum atomic E-state index is -0.0759. The van der Waals surface area contributed by atoms with Crippen LogP contribution in [0.15, 0.2) is 30.3 Å². The van der Waals surface area contributed by atoms with Crippen LogP contribution in [0, 0.1) is 11.3 Å². The number of benzene rings is 1. The highest BCUT2D eigenvalue weighted by atomic mass is 16.5. The predicted molar refractivity (Wildman–Crippen MR) is 83.6 cm³/mol. The monoisotopic (exact) mass is 276 g/mol. The van der Waals surface area contributed by atoms with E-state index in [4.69, 9.17) is 4.74 Å². The minimum Gasteiger partial charge on any atom is -0.463 e. The lowest BCUT2D eigenvalue weighted by atomic mass is 9.75. The van der Waals surface area contributed by atoms with Gasteiger partial charge in [0.2, 0.25) is 0 Å². The molecule has 0 saturated heterocycles. The molecule has 0 spiro atoms. The fourth-order valence-corrected chi connectivity index (χ4v) is 2.34. The molecule has 1 atom stereocenters. The van der Waals surface area contributed by atoms with Crippen LogP contribution in [0.3, 0.4) is 0 Å². The Morgan fingerprint density at radius 1 is 1.15 bits per heavy atom. The fraction of sp³-hybridized carbons (Fsp3) is 0.611. The summed E-state index contributed by atoms with van der Waals surface area (Å²) in [5, 5.41) is 0. The number of ether oxygens (including phenoxy) is 1. The highest BCUT2D eigenvalue weighted by Gasteiger charge is 2.27. The second-order valence-corrected chi connectivity index (χ2v) is 6.83. The fourth-order valence-electron chi connectivity index (χ4n) is 2.34. The van der Waals surface area contributed by atoms with Crippen LogP contribution in [-0.2, 0) is 16.0 Å². The molecular weight excluding hydrogens is 248 g/mol. The van der Waals surface area contributed by atoms with E-state index in [1.54, 1.807) is 0 Å². The number of aryl methyl sites for hydroxylation is 1. The Labute approximate surface area is 123 Å². The quantitative estimate of drug-likeness (QED) is 0.708. The van der Waals surface area contributed by atoms with Crippen molar-refractivity contribution >= 4 is 5.97 Å². The molecule has 1 rings (SSSR count). The van der Waals surface area contributed by atoms with E-state index in [2.05, 4.69) is 45.0 Å².